The first-order valence-electron chi connectivity index (χ1n) is 5.58. The Morgan fingerprint density at radius 2 is 2.11 bits per heavy atom. The molecule has 1 aliphatic rings. The molecular formula is C12H14N2O3S. The SMILES string of the molecule is O=C(O)CN(C(=O)C1CSCN1)c1ccccc1. The lowest BCUT2D eigenvalue weighted by Gasteiger charge is -2.23. The van der Waals surface area contributed by atoms with Crippen molar-refractivity contribution in [3.05, 3.63) is 30.3 Å². The van der Waals surface area contributed by atoms with Gasteiger partial charge in [-0.05, 0) is 12.1 Å². The molecule has 0 aliphatic carbocycles. The van der Waals surface area contributed by atoms with E-state index in [1.807, 2.05) is 6.07 Å². The molecule has 1 unspecified atom stereocenters. The highest BCUT2D eigenvalue weighted by molar-refractivity contribution is 7.99. The van der Waals surface area contributed by atoms with Crippen molar-refractivity contribution >= 4 is 29.3 Å². The molecule has 1 amide bonds. The van der Waals surface area contributed by atoms with Gasteiger partial charge in [0.2, 0.25) is 5.91 Å². The minimum absolute atomic E-state index is 0.186. The van der Waals surface area contributed by atoms with Gasteiger partial charge < -0.3 is 5.11 Å². The maximum absolute atomic E-state index is 12.3. The maximum Gasteiger partial charge on any atom is 0.323 e. The second kappa shape index (κ2) is 5.88. The van der Waals surface area contributed by atoms with Crippen LogP contribution in [0.3, 0.4) is 0 Å². The van der Waals surface area contributed by atoms with E-state index < -0.39 is 5.97 Å². The molecule has 0 bridgehead atoms. The molecule has 0 aromatic heterocycles. The van der Waals surface area contributed by atoms with Gasteiger partial charge in [-0.3, -0.25) is 19.8 Å². The highest BCUT2D eigenvalue weighted by atomic mass is 32.2. The third-order valence-corrected chi connectivity index (χ3v) is 3.58. The lowest BCUT2D eigenvalue weighted by atomic mass is 10.2. The molecule has 1 saturated heterocycles. The minimum atomic E-state index is -1.02. The van der Waals surface area contributed by atoms with E-state index in [-0.39, 0.29) is 18.5 Å². The number of carbonyl (C=O) groups excluding carboxylic acids is 1. The summed E-state index contributed by atoms with van der Waals surface area (Å²) in [5.74, 6) is 0.208. The molecule has 6 heteroatoms. The number of hydrogen-bond acceptors (Lipinski definition) is 4. The Balaban J connectivity index is 2.19. The number of aliphatic carboxylic acids is 1. The Morgan fingerprint density at radius 3 is 2.67 bits per heavy atom. The number of hydrogen-bond donors (Lipinski definition) is 2. The van der Waals surface area contributed by atoms with Gasteiger partial charge in [0.05, 0.1) is 6.04 Å². The number of para-hydroxylation sites is 1. The largest absolute Gasteiger partial charge is 0.480 e. The van der Waals surface area contributed by atoms with Gasteiger partial charge in [-0.25, -0.2) is 0 Å². The fraction of sp³-hybridized carbons (Fsp3) is 0.333. The summed E-state index contributed by atoms with van der Waals surface area (Å²) in [6, 6.07) is 8.58. The number of amides is 1. The zero-order valence-electron chi connectivity index (χ0n) is 9.70. The van der Waals surface area contributed by atoms with E-state index in [1.165, 1.54) is 4.90 Å². The van der Waals surface area contributed by atoms with Crippen molar-refractivity contribution in [1.82, 2.24) is 5.32 Å². The Bertz CT molecular complexity index is 432. The van der Waals surface area contributed by atoms with E-state index in [4.69, 9.17) is 5.11 Å². The average molecular weight is 266 g/mol. The smallest absolute Gasteiger partial charge is 0.323 e. The van der Waals surface area contributed by atoms with Crippen molar-refractivity contribution in [2.75, 3.05) is 23.1 Å². The van der Waals surface area contributed by atoms with Gasteiger partial charge in [-0.2, -0.15) is 0 Å². The molecule has 18 heavy (non-hydrogen) atoms. The van der Waals surface area contributed by atoms with E-state index >= 15 is 0 Å². The third-order valence-electron chi connectivity index (χ3n) is 2.64. The number of carboxylic acid groups (broad SMARTS) is 1. The molecule has 96 valence electrons. The van der Waals surface area contributed by atoms with Gasteiger partial charge in [0.15, 0.2) is 0 Å². The lowest BCUT2D eigenvalue weighted by Crippen LogP contribution is -2.47. The Morgan fingerprint density at radius 1 is 1.39 bits per heavy atom. The lowest BCUT2D eigenvalue weighted by molar-refractivity contribution is -0.136. The van der Waals surface area contributed by atoms with E-state index in [1.54, 1.807) is 36.0 Å². The molecule has 2 N–H and O–H groups in total. The van der Waals surface area contributed by atoms with Gasteiger partial charge >= 0.3 is 5.97 Å². The van der Waals surface area contributed by atoms with Crippen molar-refractivity contribution in [2.45, 2.75) is 6.04 Å². The number of rotatable bonds is 4. The first kappa shape index (κ1) is 12.9. The van der Waals surface area contributed by atoms with E-state index in [9.17, 15) is 9.59 Å². The summed E-state index contributed by atoms with van der Waals surface area (Å²) in [5.41, 5.74) is 0.614. The monoisotopic (exact) mass is 266 g/mol. The molecule has 0 radical (unpaired) electrons. The highest BCUT2D eigenvalue weighted by Crippen LogP contribution is 2.18. The first-order chi connectivity index (χ1) is 8.68. The molecule has 1 heterocycles. The topological polar surface area (TPSA) is 69.6 Å². The van der Waals surface area contributed by atoms with Crippen LogP contribution >= 0.6 is 11.8 Å². The number of thioether (sulfide) groups is 1. The van der Waals surface area contributed by atoms with Crippen molar-refractivity contribution in [3.8, 4) is 0 Å². The molecule has 1 atom stereocenters. The summed E-state index contributed by atoms with van der Waals surface area (Å²) >= 11 is 1.64. The van der Waals surface area contributed by atoms with Gasteiger partial charge in [-0.1, -0.05) is 18.2 Å². The number of benzene rings is 1. The molecule has 1 aromatic rings. The summed E-state index contributed by atoms with van der Waals surface area (Å²) in [4.78, 5) is 24.5. The van der Waals surface area contributed by atoms with Crippen LogP contribution in [0.1, 0.15) is 0 Å². The second-order valence-electron chi connectivity index (χ2n) is 3.93. The van der Waals surface area contributed by atoms with Crippen molar-refractivity contribution in [1.29, 1.82) is 0 Å². The number of carboxylic acids is 1. The van der Waals surface area contributed by atoms with Crippen LogP contribution < -0.4 is 10.2 Å². The van der Waals surface area contributed by atoms with E-state index in [2.05, 4.69) is 5.32 Å². The van der Waals surface area contributed by atoms with Crippen molar-refractivity contribution in [2.24, 2.45) is 0 Å². The summed E-state index contributed by atoms with van der Waals surface area (Å²) in [7, 11) is 0. The van der Waals surface area contributed by atoms with Crippen LogP contribution in [0.4, 0.5) is 5.69 Å². The highest BCUT2D eigenvalue weighted by Gasteiger charge is 2.29. The van der Waals surface area contributed by atoms with Crippen LogP contribution in [0.2, 0.25) is 0 Å². The fourth-order valence-electron chi connectivity index (χ4n) is 1.78. The molecule has 0 spiro atoms. The van der Waals surface area contributed by atoms with Crippen LogP contribution in [0.25, 0.3) is 0 Å². The van der Waals surface area contributed by atoms with Gasteiger partial charge in [0.25, 0.3) is 0 Å². The predicted octanol–water partition coefficient (Wildman–Crippen LogP) is 0.767. The Labute approximate surface area is 109 Å². The summed E-state index contributed by atoms with van der Waals surface area (Å²) in [5, 5.41) is 12.0. The standard InChI is InChI=1S/C12H14N2O3S/c15-11(16)6-14(9-4-2-1-3-5-9)12(17)10-7-18-8-13-10/h1-5,10,13H,6-8H2,(H,15,16). The maximum atomic E-state index is 12.3. The summed E-state index contributed by atoms with van der Waals surface area (Å²) in [6.07, 6.45) is 0. The van der Waals surface area contributed by atoms with E-state index in [0.717, 1.165) is 5.88 Å². The molecule has 5 nitrogen and oxygen atoms in total. The molecule has 1 aromatic carbocycles. The molecule has 2 rings (SSSR count). The Hall–Kier alpha value is -1.53. The zero-order chi connectivity index (χ0) is 13.0. The van der Waals surface area contributed by atoms with E-state index in [0.29, 0.717) is 11.4 Å². The van der Waals surface area contributed by atoms with Crippen LogP contribution in [0, 0.1) is 0 Å². The number of nitrogens with zero attached hydrogens (tertiary/aromatic N) is 1. The van der Waals surface area contributed by atoms with Crippen LogP contribution in [0.15, 0.2) is 30.3 Å². The predicted molar refractivity (Wildman–Crippen MR) is 70.7 cm³/mol. The number of carbonyl (C=O) groups is 2. The molecular weight excluding hydrogens is 252 g/mol. The quantitative estimate of drug-likeness (QED) is 0.842. The molecule has 0 saturated carbocycles. The Kier molecular flexibility index (Phi) is 4.22. The molecule has 1 fully saturated rings. The first-order valence-corrected chi connectivity index (χ1v) is 6.73. The number of nitrogens with one attached hydrogen (secondary N) is 1. The van der Waals surface area contributed by atoms with Crippen LogP contribution in [-0.2, 0) is 9.59 Å². The third kappa shape index (κ3) is 3.02. The van der Waals surface area contributed by atoms with Crippen molar-refractivity contribution in [3.63, 3.8) is 0 Å². The van der Waals surface area contributed by atoms with Crippen LogP contribution in [-0.4, -0.2) is 41.2 Å². The van der Waals surface area contributed by atoms with Crippen LogP contribution in [0.5, 0.6) is 0 Å². The summed E-state index contributed by atoms with van der Waals surface area (Å²) < 4.78 is 0. The zero-order valence-corrected chi connectivity index (χ0v) is 10.5. The fourth-order valence-corrected chi connectivity index (χ4v) is 2.71. The normalized spacial score (nSPS) is 18.6. The summed E-state index contributed by atoms with van der Waals surface area (Å²) in [6.45, 7) is -0.314. The molecule has 1 aliphatic heterocycles. The van der Waals surface area contributed by atoms with Crippen molar-refractivity contribution < 1.29 is 14.7 Å². The number of anilines is 1. The van der Waals surface area contributed by atoms with Gasteiger partial charge in [0.1, 0.15) is 6.54 Å². The van der Waals surface area contributed by atoms with Gasteiger partial charge in [0, 0.05) is 17.3 Å². The van der Waals surface area contributed by atoms with Gasteiger partial charge in [-0.15, -0.1) is 11.8 Å². The second-order valence-corrected chi connectivity index (χ2v) is 4.96. The average Bonchev–Trinajstić information content (AvgIpc) is 2.90. The minimum Gasteiger partial charge on any atom is -0.480 e.